The first kappa shape index (κ1) is 24.5. The van der Waals surface area contributed by atoms with E-state index < -0.39 is 18.0 Å². The molecule has 0 fully saturated rings. The van der Waals surface area contributed by atoms with Crippen LogP contribution >= 0.6 is 0 Å². The third-order valence-corrected chi connectivity index (χ3v) is 4.77. The van der Waals surface area contributed by atoms with E-state index in [2.05, 4.69) is 35.6 Å². The number of amides is 1. The van der Waals surface area contributed by atoms with Gasteiger partial charge in [0, 0.05) is 29.2 Å². The van der Waals surface area contributed by atoms with Gasteiger partial charge in [0.15, 0.2) is 0 Å². The van der Waals surface area contributed by atoms with E-state index in [1.807, 2.05) is 19.1 Å². The fourth-order valence-electron chi connectivity index (χ4n) is 3.23. The van der Waals surface area contributed by atoms with Crippen molar-refractivity contribution < 1.29 is 22.7 Å². The van der Waals surface area contributed by atoms with Crippen LogP contribution in [-0.2, 0) is 0 Å². The Hall–Kier alpha value is -4.67. The highest BCUT2D eigenvalue weighted by Gasteiger charge is 2.31. The second-order valence-electron chi connectivity index (χ2n) is 7.76. The van der Waals surface area contributed by atoms with Gasteiger partial charge < -0.3 is 20.7 Å². The zero-order valence-electron chi connectivity index (χ0n) is 19.2. The average molecular weight is 494 g/mol. The molecular formula is C25H21F3N6O2. The molecule has 2 heterocycles. The summed E-state index contributed by atoms with van der Waals surface area (Å²) >= 11 is 0. The number of halogens is 3. The number of hydrogen-bond donors (Lipinski definition) is 3. The Bertz CT molecular complexity index is 1360. The molecular weight excluding hydrogens is 473 g/mol. The van der Waals surface area contributed by atoms with Gasteiger partial charge in [-0.2, -0.15) is 0 Å². The summed E-state index contributed by atoms with van der Waals surface area (Å²) in [7, 11) is 0. The molecule has 0 saturated carbocycles. The SMILES string of the molecule is Cc1ccnc(Nc2cc(Nc3ccc(NC(=O)c4ccc(OC(F)(F)F)cc4)cc3)nc(C)n2)c1. The summed E-state index contributed by atoms with van der Waals surface area (Å²) in [4.78, 5) is 25.5. The molecule has 0 aliphatic rings. The molecule has 3 N–H and O–H groups in total. The molecule has 8 nitrogen and oxygen atoms in total. The number of aryl methyl sites for hydroxylation is 2. The number of carbonyl (C=O) groups excluding carboxylic acids is 1. The number of hydrogen-bond acceptors (Lipinski definition) is 7. The van der Waals surface area contributed by atoms with Gasteiger partial charge >= 0.3 is 6.36 Å². The summed E-state index contributed by atoms with van der Waals surface area (Å²) in [6, 6.07) is 17.1. The molecule has 1 amide bonds. The maximum Gasteiger partial charge on any atom is 0.573 e. The maximum absolute atomic E-state index is 12.4. The van der Waals surface area contributed by atoms with Crippen molar-refractivity contribution in [1.82, 2.24) is 15.0 Å². The van der Waals surface area contributed by atoms with Crippen LogP contribution in [0.25, 0.3) is 0 Å². The van der Waals surface area contributed by atoms with Crippen LogP contribution < -0.4 is 20.7 Å². The van der Waals surface area contributed by atoms with Crippen LogP contribution in [0.5, 0.6) is 5.75 Å². The van der Waals surface area contributed by atoms with Gasteiger partial charge in [0.2, 0.25) is 0 Å². The van der Waals surface area contributed by atoms with E-state index >= 15 is 0 Å². The Morgan fingerprint density at radius 2 is 1.44 bits per heavy atom. The number of alkyl halides is 3. The van der Waals surface area contributed by atoms with E-state index in [0.717, 1.165) is 23.4 Å². The highest BCUT2D eigenvalue weighted by molar-refractivity contribution is 6.04. The molecule has 4 aromatic rings. The lowest BCUT2D eigenvalue weighted by molar-refractivity contribution is -0.274. The lowest BCUT2D eigenvalue weighted by atomic mass is 10.2. The maximum atomic E-state index is 12.4. The predicted octanol–water partition coefficient (Wildman–Crippen LogP) is 6.13. The van der Waals surface area contributed by atoms with Crippen molar-refractivity contribution >= 4 is 34.7 Å². The summed E-state index contributed by atoms with van der Waals surface area (Å²) in [6.45, 7) is 3.75. The van der Waals surface area contributed by atoms with Crippen molar-refractivity contribution in [1.29, 1.82) is 0 Å². The first-order chi connectivity index (χ1) is 17.1. The van der Waals surface area contributed by atoms with Crippen LogP contribution in [-0.4, -0.2) is 27.2 Å². The van der Waals surface area contributed by atoms with Gasteiger partial charge in [-0.25, -0.2) is 15.0 Å². The number of anilines is 5. The van der Waals surface area contributed by atoms with Gasteiger partial charge in [-0.1, -0.05) is 0 Å². The van der Waals surface area contributed by atoms with Crippen LogP contribution in [0.1, 0.15) is 21.7 Å². The molecule has 11 heteroatoms. The van der Waals surface area contributed by atoms with Crippen molar-refractivity contribution in [3.05, 3.63) is 89.9 Å². The zero-order valence-corrected chi connectivity index (χ0v) is 19.2. The molecule has 2 aromatic carbocycles. The highest BCUT2D eigenvalue weighted by Crippen LogP contribution is 2.24. The molecule has 2 aromatic heterocycles. The number of rotatable bonds is 7. The molecule has 0 saturated heterocycles. The van der Waals surface area contributed by atoms with E-state index in [1.165, 1.54) is 12.1 Å². The van der Waals surface area contributed by atoms with E-state index in [4.69, 9.17) is 0 Å². The predicted molar refractivity (Wildman–Crippen MR) is 130 cm³/mol. The number of carbonyl (C=O) groups is 1. The van der Waals surface area contributed by atoms with Gasteiger partial charge in [0.25, 0.3) is 5.91 Å². The van der Waals surface area contributed by atoms with Gasteiger partial charge in [0.05, 0.1) is 0 Å². The van der Waals surface area contributed by atoms with Crippen molar-refractivity contribution in [3.8, 4) is 5.75 Å². The van der Waals surface area contributed by atoms with Crippen LogP contribution in [0.2, 0.25) is 0 Å². The quantitative estimate of drug-likeness (QED) is 0.284. The molecule has 0 unspecified atom stereocenters. The molecule has 4 rings (SSSR count). The van der Waals surface area contributed by atoms with Gasteiger partial charge in [-0.3, -0.25) is 4.79 Å². The number of aromatic nitrogens is 3. The fourth-order valence-corrected chi connectivity index (χ4v) is 3.23. The monoisotopic (exact) mass is 494 g/mol. The summed E-state index contributed by atoms with van der Waals surface area (Å²) < 4.78 is 40.7. The van der Waals surface area contributed by atoms with Gasteiger partial charge in [-0.15, -0.1) is 13.2 Å². The lowest BCUT2D eigenvalue weighted by Crippen LogP contribution is -2.17. The minimum Gasteiger partial charge on any atom is -0.406 e. The van der Waals surface area contributed by atoms with Crippen LogP contribution in [0.3, 0.4) is 0 Å². The van der Waals surface area contributed by atoms with Crippen molar-refractivity contribution in [2.75, 3.05) is 16.0 Å². The molecule has 0 bridgehead atoms. The van der Waals surface area contributed by atoms with Crippen LogP contribution in [0.15, 0.2) is 72.9 Å². The third-order valence-electron chi connectivity index (χ3n) is 4.77. The molecule has 0 spiro atoms. The lowest BCUT2D eigenvalue weighted by Gasteiger charge is -2.11. The Morgan fingerprint density at radius 1 is 0.806 bits per heavy atom. The van der Waals surface area contributed by atoms with Crippen LogP contribution in [0.4, 0.5) is 42.0 Å². The van der Waals surface area contributed by atoms with Gasteiger partial charge in [-0.05, 0) is 80.1 Å². The number of nitrogens with zero attached hydrogens (tertiary/aromatic N) is 3. The second kappa shape index (κ2) is 10.3. The molecule has 0 aliphatic heterocycles. The largest absolute Gasteiger partial charge is 0.573 e. The van der Waals surface area contributed by atoms with Gasteiger partial charge in [0.1, 0.15) is 29.0 Å². The standard InChI is InChI=1S/C25H21F3N6O2/c1-15-11-12-29-21(13-15)34-23-14-22(30-16(2)31-23)32-18-5-7-19(8-6-18)33-24(35)17-3-9-20(10-4-17)36-25(26,27)28/h3-14H,1-2H3,(H,33,35)(H2,29,30,31,32,34). The number of ether oxygens (including phenoxy) is 1. The zero-order chi connectivity index (χ0) is 25.7. The third kappa shape index (κ3) is 6.92. The van der Waals surface area contributed by atoms with E-state index in [-0.39, 0.29) is 5.56 Å². The number of pyridine rings is 1. The van der Waals surface area contributed by atoms with Crippen molar-refractivity contribution in [2.24, 2.45) is 0 Å². The molecule has 0 radical (unpaired) electrons. The normalized spacial score (nSPS) is 11.0. The minimum absolute atomic E-state index is 0.186. The summed E-state index contributed by atoms with van der Waals surface area (Å²) in [5, 5.41) is 9.04. The second-order valence-corrected chi connectivity index (χ2v) is 7.76. The first-order valence-corrected chi connectivity index (χ1v) is 10.7. The molecule has 0 aliphatic carbocycles. The van der Waals surface area contributed by atoms with Crippen molar-refractivity contribution in [2.45, 2.75) is 20.2 Å². The highest BCUT2D eigenvalue weighted by atomic mass is 19.4. The van der Waals surface area contributed by atoms with Crippen molar-refractivity contribution in [3.63, 3.8) is 0 Å². The summed E-state index contributed by atoms with van der Waals surface area (Å²) in [5.41, 5.74) is 2.48. The topological polar surface area (TPSA) is 101 Å². The molecule has 0 atom stereocenters. The Kier molecular flexibility index (Phi) is 7.00. The molecule has 184 valence electrons. The summed E-state index contributed by atoms with van der Waals surface area (Å²) in [6.07, 6.45) is -3.08. The van der Waals surface area contributed by atoms with Crippen LogP contribution in [0, 0.1) is 13.8 Å². The number of nitrogens with one attached hydrogen (secondary N) is 3. The summed E-state index contributed by atoms with van der Waals surface area (Å²) in [5.74, 6) is 1.51. The Morgan fingerprint density at radius 3 is 2.08 bits per heavy atom. The first-order valence-electron chi connectivity index (χ1n) is 10.7. The fraction of sp³-hybridized carbons (Fsp3) is 0.120. The minimum atomic E-state index is -4.79. The van der Waals surface area contributed by atoms with E-state index in [9.17, 15) is 18.0 Å². The smallest absolute Gasteiger partial charge is 0.406 e. The van der Waals surface area contributed by atoms with E-state index in [0.29, 0.717) is 29.0 Å². The Labute approximate surface area is 204 Å². The number of benzene rings is 2. The average Bonchev–Trinajstić information content (AvgIpc) is 2.79. The molecule has 36 heavy (non-hydrogen) atoms. The van der Waals surface area contributed by atoms with E-state index in [1.54, 1.807) is 43.5 Å². The Balaban J connectivity index is 1.38.